The minimum atomic E-state index is 0.725. The van der Waals surface area contributed by atoms with Crippen molar-refractivity contribution >= 4 is 11.3 Å². The van der Waals surface area contributed by atoms with Gasteiger partial charge in [0, 0.05) is 9.75 Å². The Kier molecular flexibility index (Phi) is 1.99. The third kappa shape index (κ3) is 1.11. The average Bonchev–Trinajstić information content (AvgIpc) is 2.44. The van der Waals surface area contributed by atoms with Gasteiger partial charge in [0.2, 0.25) is 0 Å². The van der Waals surface area contributed by atoms with Crippen LogP contribution in [0.4, 0.5) is 0 Å². The predicted molar refractivity (Wildman–Crippen MR) is 55.2 cm³/mol. The molecule has 12 heavy (non-hydrogen) atoms. The van der Waals surface area contributed by atoms with E-state index >= 15 is 0 Å². The van der Waals surface area contributed by atoms with E-state index in [1.54, 1.807) is 20.9 Å². The van der Waals surface area contributed by atoms with Crippen molar-refractivity contribution in [3.8, 4) is 0 Å². The van der Waals surface area contributed by atoms with E-state index in [0.717, 1.165) is 5.92 Å². The summed E-state index contributed by atoms with van der Waals surface area (Å²) in [6.45, 7) is 6.90. The molecule has 0 fully saturated rings. The second-order valence-corrected chi connectivity index (χ2v) is 5.29. The fraction of sp³-hybridized carbons (Fsp3) is 0.636. The molecule has 2 rings (SSSR count). The van der Waals surface area contributed by atoms with Crippen molar-refractivity contribution in [2.45, 2.75) is 46.0 Å². The van der Waals surface area contributed by atoms with Gasteiger partial charge in [0.25, 0.3) is 0 Å². The van der Waals surface area contributed by atoms with Gasteiger partial charge in [-0.1, -0.05) is 13.8 Å². The number of aryl methyl sites for hydroxylation is 2. The highest BCUT2D eigenvalue weighted by Gasteiger charge is 2.21. The summed E-state index contributed by atoms with van der Waals surface area (Å²) < 4.78 is 0. The van der Waals surface area contributed by atoms with E-state index in [-0.39, 0.29) is 0 Å². The molecule has 1 aliphatic rings. The third-order valence-corrected chi connectivity index (χ3v) is 3.95. The average molecular weight is 180 g/mol. The summed E-state index contributed by atoms with van der Waals surface area (Å²) in [6, 6.07) is 0. The van der Waals surface area contributed by atoms with Crippen molar-refractivity contribution in [1.29, 1.82) is 0 Å². The lowest BCUT2D eigenvalue weighted by molar-refractivity contribution is 0.834. The van der Waals surface area contributed by atoms with E-state index in [1.807, 2.05) is 11.3 Å². The summed E-state index contributed by atoms with van der Waals surface area (Å²) in [5.74, 6) is 0.725. The smallest absolute Gasteiger partial charge is 0.00831 e. The van der Waals surface area contributed by atoms with Gasteiger partial charge in [-0.05, 0) is 43.2 Å². The zero-order chi connectivity index (χ0) is 8.72. The third-order valence-electron chi connectivity index (χ3n) is 2.73. The Morgan fingerprint density at radius 2 is 2.00 bits per heavy atom. The molecule has 0 aliphatic heterocycles. The molecule has 1 aromatic heterocycles. The minimum Gasteiger partial charge on any atom is -0.145 e. The van der Waals surface area contributed by atoms with Crippen LogP contribution >= 0.6 is 11.3 Å². The number of hydrogen-bond acceptors (Lipinski definition) is 1. The van der Waals surface area contributed by atoms with Crippen molar-refractivity contribution in [3.05, 3.63) is 20.9 Å². The van der Waals surface area contributed by atoms with Crippen molar-refractivity contribution in [2.24, 2.45) is 0 Å². The molecule has 66 valence electrons. The summed E-state index contributed by atoms with van der Waals surface area (Å²) in [5, 5.41) is 0. The van der Waals surface area contributed by atoms with Crippen LogP contribution in [0.3, 0.4) is 0 Å². The lowest BCUT2D eigenvalue weighted by Crippen LogP contribution is -1.91. The number of thiophene rings is 1. The fourth-order valence-corrected chi connectivity index (χ4v) is 3.74. The van der Waals surface area contributed by atoms with Crippen LogP contribution < -0.4 is 0 Å². The highest BCUT2D eigenvalue weighted by molar-refractivity contribution is 7.12. The fourth-order valence-electron chi connectivity index (χ4n) is 2.32. The van der Waals surface area contributed by atoms with Crippen molar-refractivity contribution in [1.82, 2.24) is 0 Å². The lowest BCUT2D eigenvalue weighted by Gasteiger charge is -2.06. The summed E-state index contributed by atoms with van der Waals surface area (Å²) >= 11 is 2.03. The van der Waals surface area contributed by atoms with Crippen LogP contribution in [0.25, 0.3) is 0 Å². The van der Waals surface area contributed by atoms with Gasteiger partial charge in [-0.25, -0.2) is 0 Å². The van der Waals surface area contributed by atoms with Crippen LogP contribution in [-0.4, -0.2) is 0 Å². The molecule has 0 atom stereocenters. The molecule has 1 aromatic rings. The van der Waals surface area contributed by atoms with Gasteiger partial charge >= 0.3 is 0 Å². The SMILES string of the molecule is Cc1sc2c(c1C(C)C)CCC2. The van der Waals surface area contributed by atoms with Crippen molar-refractivity contribution in [3.63, 3.8) is 0 Å². The molecule has 1 heteroatoms. The first-order valence-electron chi connectivity index (χ1n) is 4.81. The van der Waals surface area contributed by atoms with E-state index in [2.05, 4.69) is 20.8 Å². The van der Waals surface area contributed by atoms with E-state index in [9.17, 15) is 0 Å². The van der Waals surface area contributed by atoms with E-state index in [0.29, 0.717) is 0 Å². The van der Waals surface area contributed by atoms with Crippen molar-refractivity contribution < 1.29 is 0 Å². The Labute approximate surface area is 78.6 Å². The molecule has 0 aromatic carbocycles. The highest BCUT2D eigenvalue weighted by atomic mass is 32.1. The Morgan fingerprint density at radius 3 is 2.67 bits per heavy atom. The minimum absolute atomic E-state index is 0.725. The van der Waals surface area contributed by atoms with Crippen LogP contribution in [-0.2, 0) is 12.8 Å². The molecule has 0 amide bonds. The molecule has 0 unspecified atom stereocenters. The van der Waals surface area contributed by atoms with Crippen LogP contribution in [0, 0.1) is 6.92 Å². The monoisotopic (exact) mass is 180 g/mol. The van der Waals surface area contributed by atoms with Crippen LogP contribution in [0.1, 0.15) is 47.1 Å². The quantitative estimate of drug-likeness (QED) is 0.618. The first kappa shape index (κ1) is 8.31. The maximum Gasteiger partial charge on any atom is 0.00831 e. The molecule has 1 aliphatic carbocycles. The van der Waals surface area contributed by atoms with Crippen LogP contribution in [0.2, 0.25) is 0 Å². The van der Waals surface area contributed by atoms with E-state index in [4.69, 9.17) is 0 Å². The molecular formula is C11H16S. The molecule has 0 N–H and O–H groups in total. The molecule has 1 heterocycles. The zero-order valence-electron chi connectivity index (χ0n) is 8.11. The Hall–Kier alpha value is -0.300. The molecule has 0 saturated carbocycles. The second-order valence-electron chi connectivity index (χ2n) is 3.98. The maximum absolute atomic E-state index is 2.31. The van der Waals surface area contributed by atoms with Crippen LogP contribution in [0.5, 0.6) is 0 Å². The molecule has 0 saturated heterocycles. The summed E-state index contributed by atoms with van der Waals surface area (Å²) in [6.07, 6.45) is 4.07. The molecule has 0 radical (unpaired) electrons. The number of hydrogen-bond donors (Lipinski definition) is 0. The van der Waals surface area contributed by atoms with Gasteiger partial charge in [-0.3, -0.25) is 0 Å². The summed E-state index contributed by atoms with van der Waals surface area (Å²) in [5.41, 5.74) is 3.36. The van der Waals surface area contributed by atoms with Gasteiger partial charge in [0.1, 0.15) is 0 Å². The summed E-state index contributed by atoms with van der Waals surface area (Å²) in [7, 11) is 0. The second kappa shape index (κ2) is 2.88. The largest absolute Gasteiger partial charge is 0.145 e. The Bertz CT molecular complexity index is 294. The van der Waals surface area contributed by atoms with Gasteiger partial charge < -0.3 is 0 Å². The lowest BCUT2D eigenvalue weighted by atomic mass is 9.98. The standard InChI is InChI=1S/C11H16S/c1-7(2)11-8(3)12-10-6-4-5-9(10)11/h7H,4-6H2,1-3H3. The summed E-state index contributed by atoms with van der Waals surface area (Å²) in [4.78, 5) is 3.24. The molecule has 0 spiro atoms. The molecule has 0 nitrogen and oxygen atoms in total. The van der Waals surface area contributed by atoms with Gasteiger partial charge in [-0.2, -0.15) is 0 Å². The highest BCUT2D eigenvalue weighted by Crippen LogP contribution is 2.38. The van der Waals surface area contributed by atoms with Crippen molar-refractivity contribution in [2.75, 3.05) is 0 Å². The topological polar surface area (TPSA) is 0 Å². The van der Waals surface area contributed by atoms with Crippen LogP contribution in [0.15, 0.2) is 0 Å². The van der Waals surface area contributed by atoms with E-state index in [1.165, 1.54) is 19.3 Å². The normalized spacial score (nSPS) is 15.7. The Balaban J connectivity index is 2.52. The van der Waals surface area contributed by atoms with Gasteiger partial charge in [0.05, 0.1) is 0 Å². The first-order valence-corrected chi connectivity index (χ1v) is 5.63. The predicted octanol–water partition coefficient (Wildman–Crippen LogP) is 3.67. The first-order chi connectivity index (χ1) is 5.70. The maximum atomic E-state index is 2.31. The molecular weight excluding hydrogens is 164 g/mol. The number of rotatable bonds is 1. The molecule has 0 bridgehead atoms. The number of fused-ring (bicyclic) bond motifs is 1. The Morgan fingerprint density at radius 1 is 1.25 bits per heavy atom. The van der Waals surface area contributed by atoms with E-state index < -0.39 is 0 Å². The zero-order valence-corrected chi connectivity index (χ0v) is 8.92. The van der Waals surface area contributed by atoms with Gasteiger partial charge in [-0.15, -0.1) is 11.3 Å². The van der Waals surface area contributed by atoms with Gasteiger partial charge in [0.15, 0.2) is 0 Å².